The molecule has 3 aromatic carbocycles. The van der Waals surface area contributed by atoms with E-state index < -0.39 is 8.32 Å². The number of allylic oxidation sites excluding steroid dienone is 1. The van der Waals surface area contributed by atoms with Crippen molar-refractivity contribution in [3.63, 3.8) is 0 Å². The van der Waals surface area contributed by atoms with Crippen molar-refractivity contribution in [2.75, 3.05) is 20.3 Å². The van der Waals surface area contributed by atoms with E-state index in [-0.39, 0.29) is 46.5 Å². The lowest BCUT2D eigenvalue weighted by molar-refractivity contribution is -0.138. The summed E-state index contributed by atoms with van der Waals surface area (Å²) in [5.41, 5.74) is 4.72. The van der Waals surface area contributed by atoms with Gasteiger partial charge in [0.1, 0.15) is 5.75 Å². The molecule has 3 aromatic rings. The molecule has 0 spiro atoms. The maximum Gasteiger partial charge on any atom is 0.261 e. The number of likely N-dealkylation sites (tertiary alicyclic amines) is 1. The second kappa shape index (κ2) is 14.0. The summed E-state index contributed by atoms with van der Waals surface area (Å²) in [6.45, 7) is 9.88. The van der Waals surface area contributed by atoms with Crippen LogP contribution in [0.2, 0.25) is 5.04 Å². The number of carbonyl (C=O) groups excluding carboxylic acids is 2. The molecule has 1 N–H and O–H groups in total. The van der Waals surface area contributed by atoms with E-state index in [4.69, 9.17) is 9.16 Å². The average Bonchev–Trinajstić information content (AvgIpc) is 3.60. The van der Waals surface area contributed by atoms with Crippen molar-refractivity contribution < 1.29 is 23.9 Å². The lowest BCUT2D eigenvalue weighted by Gasteiger charge is -2.44. The van der Waals surface area contributed by atoms with Gasteiger partial charge in [0.25, 0.3) is 8.32 Å². The summed E-state index contributed by atoms with van der Waals surface area (Å²) in [4.78, 5) is 28.3. The monoisotopic (exact) mass is 663 g/mol. The van der Waals surface area contributed by atoms with Crippen LogP contribution >= 0.6 is 0 Å². The first-order valence-corrected chi connectivity index (χ1v) is 19.3. The molecular formula is C41H49NO5Si. The zero-order valence-electron chi connectivity index (χ0n) is 28.9. The van der Waals surface area contributed by atoms with Crippen LogP contribution in [0.3, 0.4) is 0 Å². The van der Waals surface area contributed by atoms with E-state index in [2.05, 4.69) is 94.4 Å². The van der Waals surface area contributed by atoms with Crippen LogP contribution in [0.1, 0.15) is 65.4 Å². The van der Waals surface area contributed by atoms with Crippen molar-refractivity contribution in [2.24, 2.45) is 17.8 Å². The van der Waals surface area contributed by atoms with Crippen LogP contribution in [0.15, 0.2) is 102 Å². The van der Waals surface area contributed by atoms with E-state index >= 15 is 0 Å². The molecule has 48 heavy (non-hydrogen) atoms. The maximum absolute atomic E-state index is 13.5. The Hall–Kier alpha value is -3.78. The number of phenolic OH excluding ortho intramolecular Hbond substituents is 1. The summed E-state index contributed by atoms with van der Waals surface area (Å²) in [6, 6.07) is 28.6. The van der Waals surface area contributed by atoms with Crippen LogP contribution in [0, 0.1) is 17.8 Å². The molecule has 2 fully saturated rings. The minimum absolute atomic E-state index is 0.0809. The Kier molecular flexibility index (Phi) is 9.93. The van der Waals surface area contributed by atoms with E-state index in [0.717, 1.165) is 36.8 Å². The van der Waals surface area contributed by atoms with Gasteiger partial charge in [0.05, 0.1) is 31.2 Å². The lowest BCUT2D eigenvalue weighted by atomic mass is 9.69. The van der Waals surface area contributed by atoms with Crippen LogP contribution in [0.4, 0.5) is 0 Å². The zero-order chi connectivity index (χ0) is 34.1. The van der Waals surface area contributed by atoms with Gasteiger partial charge in [-0.25, -0.2) is 0 Å². The molecule has 4 atom stereocenters. The van der Waals surface area contributed by atoms with Crippen LogP contribution in [0.5, 0.6) is 5.75 Å². The Bertz CT molecular complexity index is 1640. The fraction of sp³-hybridized carbons (Fsp3) is 0.415. The highest BCUT2D eigenvalue weighted by Gasteiger charge is 2.57. The Balaban J connectivity index is 1.37. The molecule has 2 heterocycles. The summed E-state index contributed by atoms with van der Waals surface area (Å²) in [7, 11) is -1.21. The van der Waals surface area contributed by atoms with E-state index in [0.29, 0.717) is 19.6 Å². The van der Waals surface area contributed by atoms with Crippen molar-refractivity contribution in [1.82, 2.24) is 4.90 Å². The molecule has 0 aromatic heterocycles. The predicted molar refractivity (Wildman–Crippen MR) is 193 cm³/mol. The van der Waals surface area contributed by atoms with Crippen molar-refractivity contribution in [1.29, 1.82) is 0 Å². The van der Waals surface area contributed by atoms with E-state index in [1.54, 1.807) is 19.2 Å². The van der Waals surface area contributed by atoms with Gasteiger partial charge < -0.3 is 14.3 Å². The number of nitrogens with zero attached hydrogens (tertiary/aromatic N) is 1. The topological polar surface area (TPSA) is 76.1 Å². The Morgan fingerprint density at radius 3 is 2.12 bits per heavy atom. The van der Waals surface area contributed by atoms with Gasteiger partial charge in [-0.05, 0) is 69.9 Å². The van der Waals surface area contributed by atoms with Crippen LogP contribution in [-0.2, 0) is 18.8 Å². The predicted octanol–water partition coefficient (Wildman–Crippen LogP) is 6.88. The third kappa shape index (κ3) is 6.36. The van der Waals surface area contributed by atoms with Crippen molar-refractivity contribution in [3.05, 3.63) is 107 Å². The third-order valence-electron chi connectivity index (χ3n) is 10.7. The first-order valence-electron chi connectivity index (χ1n) is 17.4. The standard InChI is InChI=1S/C41H49NO5Si/c1-6-13-28(24-29-18-21-31(43)22-19-29)20-23-36-37-30(25-34-38(35(37)27-46-36)40(45)42(5)39(34)44)26-47-48(41(2,3)4,32-14-9-7-10-15-32)33-16-11-8-12-17-33/h7-12,14-19,21-22,24,34-36,38,43H,6,13,20,23,25-27H2,1-5H3/b28-24+/t34-,35+,36-,38-/m1/s1. The van der Waals surface area contributed by atoms with E-state index in [9.17, 15) is 14.7 Å². The van der Waals surface area contributed by atoms with Crippen LogP contribution in [-0.4, -0.2) is 56.5 Å². The van der Waals surface area contributed by atoms with Gasteiger partial charge in [-0.15, -0.1) is 0 Å². The van der Waals surface area contributed by atoms with Crippen molar-refractivity contribution >= 4 is 36.6 Å². The number of carbonyl (C=O) groups is 2. The molecule has 0 bridgehead atoms. The van der Waals surface area contributed by atoms with Crippen LogP contribution in [0.25, 0.3) is 6.08 Å². The third-order valence-corrected chi connectivity index (χ3v) is 15.7. The number of amides is 2. The number of hydrogen-bond acceptors (Lipinski definition) is 5. The van der Waals surface area contributed by atoms with Gasteiger partial charge in [-0.1, -0.05) is 119 Å². The molecule has 2 amide bonds. The largest absolute Gasteiger partial charge is 0.508 e. The van der Waals surface area contributed by atoms with E-state index in [1.807, 2.05) is 12.1 Å². The fourth-order valence-corrected chi connectivity index (χ4v) is 13.0. The summed E-state index contributed by atoms with van der Waals surface area (Å²) in [5.74, 6) is -0.776. The molecular weight excluding hydrogens is 615 g/mol. The molecule has 0 unspecified atom stereocenters. The van der Waals surface area contributed by atoms with Crippen LogP contribution < -0.4 is 10.4 Å². The second-order valence-electron chi connectivity index (χ2n) is 14.7. The maximum atomic E-state index is 13.5. The quantitative estimate of drug-likeness (QED) is 0.138. The molecule has 7 heteroatoms. The van der Waals surface area contributed by atoms with Gasteiger partial charge >= 0.3 is 0 Å². The Morgan fingerprint density at radius 1 is 0.917 bits per heavy atom. The second-order valence-corrected chi connectivity index (χ2v) is 19.0. The molecule has 2 saturated heterocycles. The molecule has 6 rings (SSSR count). The number of rotatable bonds is 11. The number of phenols is 1. The van der Waals surface area contributed by atoms with Gasteiger partial charge in [-0.2, -0.15) is 0 Å². The lowest BCUT2D eigenvalue weighted by Crippen LogP contribution is -2.66. The highest BCUT2D eigenvalue weighted by Crippen LogP contribution is 2.50. The molecule has 1 aliphatic carbocycles. The number of benzene rings is 3. The SMILES string of the molecule is CCC/C(=C\c1ccc(O)cc1)CC[C@H]1OC[C@H]2C1=C(CO[Si](c1ccccc1)(c1ccccc1)C(C)(C)C)C[C@H]1C(=O)N(C)C(=O)[C@H]12. The summed E-state index contributed by atoms with van der Waals surface area (Å²) in [5, 5.41) is 12.0. The number of aromatic hydroxyl groups is 1. The van der Waals surface area contributed by atoms with E-state index in [1.165, 1.54) is 26.4 Å². The summed E-state index contributed by atoms with van der Waals surface area (Å²) in [6.07, 6.45) is 6.28. The smallest absolute Gasteiger partial charge is 0.261 e. The first kappa shape index (κ1) is 34.1. The number of hydrogen-bond donors (Lipinski definition) is 1. The molecule has 0 radical (unpaired) electrons. The molecule has 6 nitrogen and oxygen atoms in total. The number of ether oxygens (including phenoxy) is 1. The highest BCUT2D eigenvalue weighted by atomic mass is 28.4. The number of imide groups is 1. The number of fused-ring (bicyclic) bond motifs is 3. The Labute approximate surface area is 286 Å². The van der Waals surface area contributed by atoms with Gasteiger partial charge in [-0.3, -0.25) is 14.5 Å². The van der Waals surface area contributed by atoms with Crippen molar-refractivity contribution in [3.8, 4) is 5.75 Å². The highest BCUT2D eigenvalue weighted by molar-refractivity contribution is 6.99. The summed E-state index contributed by atoms with van der Waals surface area (Å²) < 4.78 is 14.0. The van der Waals surface area contributed by atoms with Gasteiger partial charge in [0.15, 0.2) is 0 Å². The van der Waals surface area contributed by atoms with Crippen molar-refractivity contribution in [2.45, 2.75) is 70.9 Å². The fourth-order valence-electron chi connectivity index (χ4n) is 8.43. The Morgan fingerprint density at radius 2 is 1.54 bits per heavy atom. The van der Waals surface area contributed by atoms with Gasteiger partial charge in [0, 0.05) is 13.0 Å². The average molecular weight is 664 g/mol. The first-order chi connectivity index (χ1) is 23.0. The molecule has 0 saturated carbocycles. The zero-order valence-corrected chi connectivity index (χ0v) is 29.9. The summed E-state index contributed by atoms with van der Waals surface area (Å²) >= 11 is 0. The normalized spacial score (nSPS) is 23.1. The molecule has 3 aliphatic rings. The molecule has 2 aliphatic heterocycles. The minimum atomic E-state index is -2.84. The molecule has 252 valence electrons. The minimum Gasteiger partial charge on any atom is -0.508 e. The van der Waals surface area contributed by atoms with Gasteiger partial charge in [0.2, 0.25) is 11.8 Å².